The van der Waals surface area contributed by atoms with Gasteiger partial charge in [0.2, 0.25) is 0 Å². The molecule has 0 radical (unpaired) electrons. The maximum atomic E-state index is 12.1. The Labute approximate surface area is 124 Å². The van der Waals surface area contributed by atoms with Crippen molar-refractivity contribution >= 4 is 17.0 Å². The van der Waals surface area contributed by atoms with Gasteiger partial charge in [-0.05, 0) is 51.3 Å². The molecule has 1 N–H and O–H groups in total. The summed E-state index contributed by atoms with van der Waals surface area (Å²) in [5, 5.41) is 4.13. The van der Waals surface area contributed by atoms with Gasteiger partial charge in [-0.15, -0.1) is 0 Å². The van der Waals surface area contributed by atoms with Gasteiger partial charge in [0.15, 0.2) is 0 Å². The van der Waals surface area contributed by atoms with Gasteiger partial charge in [0, 0.05) is 11.6 Å². The molecule has 3 rings (SSSR count). The van der Waals surface area contributed by atoms with Crippen LogP contribution < -0.4 is 5.32 Å². The van der Waals surface area contributed by atoms with E-state index in [-0.39, 0.29) is 11.6 Å². The summed E-state index contributed by atoms with van der Waals surface area (Å²) in [6.45, 7) is 5.61. The summed E-state index contributed by atoms with van der Waals surface area (Å²) in [6, 6.07) is 10.0. The zero-order chi connectivity index (χ0) is 15.1. The van der Waals surface area contributed by atoms with E-state index in [1.165, 1.54) is 0 Å². The van der Waals surface area contributed by atoms with Gasteiger partial charge >= 0.3 is 6.09 Å². The van der Waals surface area contributed by atoms with E-state index >= 15 is 0 Å². The molecule has 1 aliphatic rings. The largest absolute Gasteiger partial charge is 0.444 e. The van der Waals surface area contributed by atoms with Gasteiger partial charge in [-0.1, -0.05) is 18.2 Å². The number of alkyl carbamates (subject to hydrolysis) is 1. The summed E-state index contributed by atoms with van der Waals surface area (Å²) in [4.78, 5) is 16.5. The first-order valence-corrected chi connectivity index (χ1v) is 7.25. The Hall–Kier alpha value is -2.10. The van der Waals surface area contributed by atoms with Gasteiger partial charge < -0.3 is 10.1 Å². The number of hydrogen-bond acceptors (Lipinski definition) is 3. The van der Waals surface area contributed by atoms with E-state index in [1.807, 2.05) is 39.0 Å². The number of rotatable bonds is 2. The number of amides is 1. The van der Waals surface area contributed by atoms with Crippen LogP contribution in [0.15, 0.2) is 36.5 Å². The number of nitrogens with one attached hydrogen (secondary N) is 1. The highest BCUT2D eigenvalue weighted by molar-refractivity contribution is 5.84. The molecular formula is C17H20N2O2. The average molecular weight is 284 g/mol. The average Bonchev–Trinajstić information content (AvgIpc) is 3.16. The number of hydrogen-bond donors (Lipinski definition) is 1. The first-order chi connectivity index (χ1) is 9.90. The van der Waals surface area contributed by atoms with E-state index in [9.17, 15) is 4.79 Å². The highest BCUT2D eigenvalue weighted by Crippen LogP contribution is 2.47. The van der Waals surface area contributed by atoms with Gasteiger partial charge in [0.05, 0.1) is 11.1 Å². The van der Waals surface area contributed by atoms with Crippen LogP contribution >= 0.6 is 0 Å². The van der Waals surface area contributed by atoms with Crippen LogP contribution in [0.4, 0.5) is 4.79 Å². The minimum absolute atomic E-state index is 0.301. The molecule has 1 aromatic heterocycles. The van der Waals surface area contributed by atoms with Crippen LogP contribution in [0.1, 0.15) is 39.2 Å². The first-order valence-electron chi connectivity index (χ1n) is 7.25. The van der Waals surface area contributed by atoms with Crippen LogP contribution in [0, 0.1) is 0 Å². The summed E-state index contributed by atoms with van der Waals surface area (Å²) < 4.78 is 5.38. The lowest BCUT2D eigenvalue weighted by Crippen LogP contribution is -2.39. The Morgan fingerprint density at radius 2 is 2.00 bits per heavy atom. The maximum Gasteiger partial charge on any atom is 0.408 e. The number of carbonyl (C=O) groups excluding carboxylic acids is 1. The smallest absolute Gasteiger partial charge is 0.408 e. The molecule has 2 aromatic rings. The molecule has 1 aliphatic carbocycles. The Kier molecular flexibility index (Phi) is 3.12. The predicted molar refractivity (Wildman–Crippen MR) is 82.0 cm³/mol. The van der Waals surface area contributed by atoms with Gasteiger partial charge in [-0.3, -0.25) is 4.98 Å². The summed E-state index contributed by atoms with van der Waals surface area (Å²) in [7, 11) is 0. The van der Waals surface area contributed by atoms with Crippen molar-refractivity contribution in [2.45, 2.75) is 44.8 Å². The number of fused-ring (bicyclic) bond motifs is 1. The monoisotopic (exact) mass is 284 g/mol. The van der Waals surface area contributed by atoms with Gasteiger partial charge in [-0.25, -0.2) is 4.79 Å². The fourth-order valence-corrected chi connectivity index (χ4v) is 2.61. The third kappa shape index (κ3) is 2.84. The molecule has 0 aliphatic heterocycles. The molecule has 4 heteroatoms. The summed E-state index contributed by atoms with van der Waals surface area (Å²) in [5.74, 6) is 0. The molecular weight excluding hydrogens is 264 g/mol. The van der Waals surface area contributed by atoms with Gasteiger partial charge in [-0.2, -0.15) is 0 Å². The second-order valence-electron chi connectivity index (χ2n) is 6.58. The Balaban J connectivity index is 1.90. The zero-order valence-electron chi connectivity index (χ0n) is 12.6. The molecule has 110 valence electrons. The molecule has 0 atom stereocenters. The number of carbonyl (C=O) groups is 1. The van der Waals surface area contributed by atoms with Crippen LogP contribution in [-0.2, 0) is 10.3 Å². The highest BCUT2D eigenvalue weighted by atomic mass is 16.6. The number of benzene rings is 1. The van der Waals surface area contributed by atoms with Crippen LogP contribution in [-0.4, -0.2) is 16.7 Å². The van der Waals surface area contributed by atoms with E-state index in [4.69, 9.17) is 4.74 Å². The van der Waals surface area contributed by atoms with Crippen molar-refractivity contribution in [3.63, 3.8) is 0 Å². The van der Waals surface area contributed by atoms with Crippen molar-refractivity contribution < 1.29 is 9.53 Å². The number of ether oxygens (including phenoxy) is 1. The predicted octanol–water partition coefficient (Wildman–Crippen LogP) is 3.75. The normalized spacial score (nSPS) is 16.5. The summed E-state index contributed by atoms with van der Waals surface area (Å²) >= 11 is 0. The molecule has 21 heavy (non-hydrogen) atoms. The molecule has 1 heterocycles. The molecule has 0 bridgehead atoms. The standard InChI is InChI=1S/C17H20N2O2/c1-16(2,3)21-15(20)19-17(9-10-17)13-7-4-8-14-12(13)6-5-11-18-14/h4-8,11H,9-10H2,1-3H3,(H,19,20). The van der Waals surface area contributed by atoms with Crippen LogP contribution in [0.3, 0.4) is 0 Å². The van der Waals surface area contributed by atoms with E-state index in [2.05, 4.69) is 22.4 Å². The third-order valence-electron chi connectivity index (χ3n) is 3.65. The lowest BCUT2D eigenvalue weighted by Gasteiger charge is -2.24. The Morgan fingerprint density at radius 3 is 2.67 bits per heavy atom. The first kappa shape index (κ1) is 13.9. The molecule has 1 amide bonds. The van der Waals surface area contributed by atoms with Crippen molar-refractivity contribution in [3.05, 3.63) is 42.1 Å². The van der Waals surface area contributed by atoms with Crippen molar-refractivity contribution in [1.29, 1.82) is 0 Å². The number of aromatic nitrogens is 1. The van der Waals surface area contributed by atoms with Gasteiger partial charge in [0.25, 0.3) is 0 Å². The van der Waals surface area contributed by atoms with Crippen LogP contribution in [0.2, 0.25) is 0 Å². The second kappa shape index (κ2) is 4.72. The SMILES string of the molecule is CC(C)(C)OC(=O)NC1(c2cccc3ncccc23)CC1. The fraction of sp³-hybridized carbons (Fsp3) is 0.412. The second-order valence-corrected chi connectivity index (χ2v) is 6.58. The summed E-state index contributed by atoms with van der Waals surface area (Å²) in [5.41, 5.74) is 1.29. The Bertz CT molecular complexity index is 679. The van der Waals surface area contributed by atoms with Crippen LogP contribution in [0.5, 0.6) is 0 Å². The van der Waals surface area contributed by atoms with E-state index < -0.39 is 5.60 Å². The molecule has 0 spiro atoms. The molecule has 4 nitrogen and oxygen atoms in total. The van der Waals surface area contributed by atoms with E-state index in [0.717, 1.165) is 29.3 Å². The zero-order valence-corrected chi connectivity index (χ0v) is 12.6. The van der Waals surface area contributed by atoms with Crippen molar-refractivity contribution in [1.82, 2.24) is 10.3 Å². The van der Waals surface area contributed by atoms with E-state index in [1.54, 1.807) is 6.20 Å². The van der Waals surface area contributed by atoms with Crippen molar-refractivity contribution in [2.24, 2.45) is 0 Å². The molecule has 0 saturated heterocycles. The fourth-order valence-electron chi connectivity index (χ4n) is 2.61. The van der Waals surface area contributed by atoms with E-state index in [0.29, 0.717) is 0 Å². The lowest BCUT2D eigenvalue weighted by atomic mass is 9.99. The molecule has 1 fully saturated rings. The topological polar surface area (TPSA) is 51.2 Å². The van der Waals surface area contributed by atoms with Crippen LogP contribution in [0.25, 0.3) is 10.9 Å². The molecule has 1 saturated carbocycles. The van der Waals surface area contributed by atoms with Gasteiger partial charge in [0.1, 0.15) is 5.60 Å². The maximum absolute atomic E-state index is 12.1. The van der Waals surface area contributed by atoms with Crippen molar-refractivity contribution in [2.75, 3.05) is 0 Å². The highest BCUT2D eigenvalue weighted by Gasteiger charge is 2.47. The summed E-state index contributed by atoms with van der Waals surface area (Å²) in [6.07, 6.45) is 3.29. The minimum Gasteiger partial charge on any atom is -0.444 e. The number of nitrogens with zero attached hydrogens (tertiary/aromatic N) is 1. The molecule has 0 unspecified atom stereocenters. The Morgan fingerprint density at radius 1 is 1.24 bits per heavy atom. The van der Waals surface area contributed by atoms with Crippen molar-refractivity contribution in [3.8, 4) is 0 Å². The molecule has 1 aromatic carbocycles. The quantitative estimate of drug-likeness (QED) is 0.913. The third-order valence-corrected chi connectivity index (χ3v) is 3.65. The lowest BCUT2D eigenvalue weighted by molar-refractivity contribution is 0.0495. The number of pyridine rings is 1. The minimum atomic E-state index is -0.486.